The quantitative estimate of drug-likeness (QED) is 0.810. The second-order valence-corrected chi connectivity index (χ2v) is 5.92. The van der Waals surface area contributed by atoms with Crippen molar-refractivity contribution in [1.29, 1.82) is 0 Å². The molecule has 0 unspecified atom stereocenters. The van der Waals surface area contributed by atoms with Crippen LogP contribution in [0.15, 0.2) is 36.7 Å². The molecule has 1 heterocycles. The fourth-order valence-corrected chi connectivity index (χ4v) is 1.69. The van der Waals surface area contributed by atoms with Crippen molar-refractivity contribution in [3.05, 3.63) is 41.7 Å². The molecule has 4 nitrogen and oxygen atoms in total. The van der Waals surface area contributed by atoms with Gasteiger partial charge in [-0.1, -0.05) is 44.5 Å². The van der Waals surface area contributed by atoms with Crippen LogP contribution in [-0.2, 0) is 4.79 Å². The van der Waals surface area contributed by atoms with Gasteiger partial charge in [0.2, 0.25) is 0 Å². The third-order valence-electron chi connectivity index (χ3n) is 2.71. The van der Waals surface area contributed by atoms with Crippen molar-refractivity contribution in [3.8, 4) is 11.4 Å². The molecule has 104 valence electrons. The molecule has 0 aliphatic carbocycles. The van der Waals surface area contributed by atoms with Crippen molar-refractivity contribution in [3.63, 3.8) is 0 Å². The summed E-state index contributed by atoms with van der Waals surface area (Å²) < 4.78 is 1.51. The first-order valence-electron chi connectivity index (χ1n) is 6.26. The first kappa shape index (κ1) is 14.5. The van der Waals surface area contributed by atoms with Crippen molar-refractivity contribution in [2.24, 2.45) is 5.41 Å². The monoisotopic (exact) mass is 289 g/mol. The standard InChI is InChI=1S/C15H16ClN3O/c1-15(2,3)13(20)7-8-19-10-17-14(18-19)11-5-4-6-12(16)9-11/h4-10H,1-3H3. The molecule has 5 heteroatoms. The van der Waals surface area contributed by atoms with E-state index in [0.717, 1.165) is 5.56 Å². The molecule has 0 atom stereocenters. The number of nitrogens with zero attached hydrogens (tertiary/aromatic N) is 3. The van der Waals surface area contributed by atoms with Crippen molar-refractivity contribution in [2.75, 3.05) is 0 Å². The second kappa shape index (κ2) is 5.59. The molecule has 2 rings (SSSR count). The van der Waals surface area contributed by atoms with Gasteiger partial charge in [-0.25, -0.2) is 9.67 Å². The minimum absolute atomic E-state index is 0.0392. The highest BCUT2D eigenvalue weighted by Gasteiger charge is 2.18. The summed E-state index contributed by atoms with van der Waals surface area (Å²) in [6.07, 6.45) is 4.67. The van der Waals surface area contributed by atoms with E-state index in [2.05, 4.69) is 10.1 Å². The van der Waals surface area contributed by atoms with E-state index >= 15 is 0 Å². The van der Waals surface area contributed by atoms with Crippen LogP contribution in [-0.4, -0.2) is 20.5 Å². The molecule has 20 heavy (non-hydrogen) atoms. The Kier molecular flexibility index (Phi) is 4.04. The molecule has 0 saturated heterocycles. The van der Waals surface area contributed by atoms with E-state index in [-0.39, 0.29) is 5.78 Å². The van der Waals surface area contributed by atoms with Gasteiger partial charge in [-0.05, 0) is 12.1 Å². The Morgan fingerprint density at radius 3 is 2.75 bits per heavy atom. The topological polar surface area (TPSA) is 47.8 Å². The summed E-state index contributed by atoms with van der Waals surface area (Å²) >= 11 is 5.93. The number of carbonyl (C=O) groups is 1. The molecule has 0 saturated carbocycles. The van der Waals surface area contributed by atoms with Crippen LogP contribution in [0.4, 0.5) is 0 Å². The van der Waals surface area contributed by atoms with Gasteiger partial charge in [-0.2, -0.15) is 0 Å². The summed E-state index contributed by atoms with van der Waals surface area (Å²) in [6.45, 7) is 5.62. The van der Waals surface area contributed by atoms with Gasteiger partial charge in [-0.3, -0.25) is 4.79 Å². The number of aromatic nitrogens is 3. The Balaban J connectivity index is 2.18. The van der Waals surface area contributed by atoms with Gasteiger partial charge in [0, 0.05) is 28.3 Å². The molecule has 1 aromatic heterocycles. The number of rotatable bonds is 3. The minimum Gasteiger partial charge on any atom is -0.294 e. The predicted octanol–water partition coefficient (Wildman–Crippen LogP) is 3.68. The van der Waals surface area contributed by atoms with Gasteiger partial charge >= 0.3 is 0 Å². The summed E-state index contributed by atoms with van der Waals surface area (Å²) in [6, 6.07) is 7.32. The van der Waals surface area contributed by atoms with Gasteiger partial charge in [0.25, 0.3) is 0 Å². The maximum Gasteiger partial charge on any atom is 0.181 e. The Labute approximate surface area is 123 Å². The average molecular weight is 290 g/mol. The van der Waals surface area contributed by atoms with E-state index in [1.54, 1.807) is 24.7 Å². The number of halogens is 1. The van der Waals surface area contributed by atoms with Crippen LogP contribution < -0.4 is 0 Å². The highest BCUT2D eigenvalue weighted by Crippen LogP contribution is 2.19. The minimum atomic E-state index is -0.396. The molecular formula is C15H16ClN3O. The fourth-order valence-electron chi connectivity index (χ4n) is 1.50. The molecule has 0 aliphatic heterocycles. The zero-order valence-corrected chi connectivity index (χ0v) is 12.4. The van der Waals surface area contributed by atoms with Gasteiger partial charge in [0.1, 0.15) is 6.33 Å². The van der Waals surface area contributed by atoms with Crippen LogP contribution in [0.3, 0.4) is 0 Å². The van der Waals surface area contributed by atoms with Crippen LogP contribution in [0, 0.1) is 5.41 Å². The Morgan fingerprint density at radius 1 is 1.35 bits per heavy atom. The lowest BCUT2D eigenvalue weighted by Crippen LogP contribution is -2.17. The lowest BCUT2D eigenvalue weighted by molar-refractivity contribution is -0.121. The molecule has 0 amide bonds. The number of hydrogen-bond donors (Lipinski definition) is 0. The third kappa shape index (κ3) is 3.54. The molecular weight excluding hydrogens is 274 g/mol. The van der Waals surface area contributed by atoms with Crippen LogP contribution in [0.2, 0.25) is 5.02 Å². The molecule has 0 radical (unpaired) electrons. The van der Waals surface area contributed by atoms with E-state index in [4.69, 9.17) is 11.6 Å². The first-order chi connectivity index (χ1) is 9.36. The number of ketones is 1. The largest absolute Gasteiger partial charge is 0.294 e. The number of allylic oxidation sites excluding steroid dienone is 1. The fraction of sp³-hybridized carbons (Fsp3) is 0.267. The van der Waals surface area contributed by atoms with Crippen LogP contribution in [0.1, 0.15) is 20.8 Å². The molecule has 0 N–H and O–H groups in total. The van der Waals surface area contributed by atoms with E-state index in [0.29, 0.717) is 10.8 Å². The molecule has 0 aliphatic rings. The van der Waals surface area contributed by atoms with Crippen molar-refractivity contribution in [2.45, 2.75) is 20.8 Å². The zero-order valence-electron chi connectivity index (χ0n) is 11.7. The predicted molar refractivity (Wildman–Crippen MR) is 80.3 cm³/mol. The Morgan fingerprint density at radius 2 is 2.10 bits per heavy atom. The zero-order chi connectivity index (χ0) is 14.8. The second-order valence-electron chi connectivity index (χ2n) is 5.49. The SMILES string of the molecule is CC(C)(C)C(=O)C=Cn1cnc(-c2cccc(Cl)c2)n1. The molecule has 0 fully saturated rings. The van der Waals surface area contributed by atoms with Gasteiger partial charge in [0.05, 0.1) is 0 Å². The van der Waals surface area contributed by atoms with E-state index in [1.807, 2.05) is 32.9 Å². The van der Waals surface area contributed by atoms with E-state index in [1.165, 1.54) is 10.8 Å². The summed E-state index contributed by atoms with van der Waals surface area (Å²) in [4.78, 5) is 16.0. The number of carbonyl (C=O) groups excluding carboxylic acids is 1. The highest BCUT2D eigenvalue weighted by atomic mass is 35.5. The summed E-state index contributed by atoms with van der Waals surface area (Å²) in [7, 11) is 0. The Bertz CT molecular complexity index is 653. The molecule has 0 spiro atoms. The number of hydrogen-bond acceptors (Lipinski definition) is 3. The maximum atomic E-state index is 11.8. The Hall–Kier alpha value is -1.94. The lowest BCUT2D eigenvalue weighted by Gasteiger charge is -2.12. The lowest BCUT2D eigenvalue weighted by atomic mass is 9.91. The third-order valence-corrected chi connectivity index (χ3v) is 2.94. The van der Waals surface area contributed by atoms with Crippen molar-refractivity contribution < 1.29 is 4.79 Å². The summed E-state index contributed by atoms with van der Waals surface area (Å²) in [5.74, 6) is 0.609. The maximum absolute atomic E-state index is 11.8. The smallest absolute Gasteiger partial charge is 0.181 e. The van der Waals surface area contributed by atoms with Crippen molar-refractivity contribution >= 4 is 23.6 Å². The van der Waals surface area contributed by atoms with E-state index < -0.39 is 5.41 Å². The highest BCUT2D eigenvalue weighted by molar-refractivity contribution is 6.30. The summed E-state index contributed by atoms with van der Waals surface area (Å²) in [5, 5.41) is 4.92. The van der Waals surface area contributed by atoms with Crippen LogP contribution >= 0.6 is 11.6 Å². The van der Waals surface area contributed by atoms with Gasteiger partial charge < -0.3 is 0 Å². The first-order valence-corrected chi connectivity index (χ1v) is 6.64. The summed E-state index contributed by atoms with van der Waals surface area (Å²) in [5.41, 5.74) is 0.444. The van der Waals surface area contributed by atoms with Gasteiger partial charge in [-0.15, -0.1) is 5.10 Å². The van der Waals surface area contributed by atoms with Crippen molar-refractivity contribution in [1.82, 2.24) is 14.8 Å². The molecule has 2 aromatic rings. The average Bonchev–Trinajstić information content (AvgIpc) is 2.83. The molecule has 1 aromatic carbocycles. The number of benzene rings is 1. The van der Waals surface area contributed by atoms with Gasteiger partial charge in [0.15, 0.2) is 11.6 Å². The normalized spacial score (nSPS) is 12.0. The van der Waals surface area contributed by atoms with Crippen LogP contribution in [0.25, 0.3) is 17.6 Å². The van der Waals surface area contributed by atoms with E-state index in [9.17, 15) is 4.79 Å². The van der Waals surface area contributed by atoms with Crippen LogP contribution in [0.5, 0.6) is 0 Å². The molecule has 0 bridgehead atoms.